The van der Waals surface area contributed by atoms with Crippen LogP contribution >= 0.6 is 0 Å². The van der Waals surface area contributed by atoms with Crippen molar-refractivity contribution in [2.45, 2.75) is 24.5 Å². The van der Waals surface area contributed by atoms with Gasteiger partial charge in [-0.2, -0.15) is 0 Å². The molecule has 0 saturated heterocycles. The number of nitrogens with two attached hydrogens (primary N) is 1. The number of nitrogens with zero attached hydrogens (tertiary/aromatic N) is 1. The van der Waals surface area contributed by atoms with Gasteiger partial charge >= 0.3 is 0 Å². The minimum Gasteiger partial charge on any atom is -0.510 e. The number of benzene rings is 2. The first-order chi connectivity index (χ1) is 19.8. The number of amides is 2. The Morgan fingerprint density at radius 1 is 1.14 bits per heavy atom. The van der Waals surface area contributed by atoms with Crippen molar-refractivity contribution in [3.63, 3.8) is 0 Å². The average molecular weight is 578 g/mol. The molecule has 0 saturated carbocycles. The van der Waals surface area contributed by atoms with Gasteiger partial charge in [0.25, 0.3) is 5.91 Å². The quantitative estimate of drug-likeness (QED) is 0.273. The summed E-state index contributed by atoms with van der Waals surface area (Å²) in [7, 11) is 4.55. The lowest BCUT2D eigenvalue weighted by molar-refractivity contribution is -0.148. The highest BCUT2D eigenvalue weighted by molar-refractivity contribution is 6.25. The molecule has 0 spiro atoms. The number of fused-ring (bicyclic) bond motifs is 3. The number of carbonyl (C=O) groups excluding carboxylic acids is 4. The molecular weight excluding hydrogens is 546 g/mol. The summed E-state index contributed by atoms with van der Waals surface area (Å²) in [6.07, 6.45) is 0.118. The molecule has 0 radical (unpaired) electrons. The lowest BCUT2D eigenvalue weighted by Crippen LogP contribution is -2.63. The number of hydrogen-bond acceptors (Lipinski definition) is 10. The molecule has 220 valence electrons. The van der Waals surface area contributed by atoms with Crippen LogP contribution in [0.2, 0.25) is 0 Å². The van der Waals surface area contributed by atoms with E-state index in [1.807, 2.05) is 0 Å². The molecule has 0 aromatic heterocycles. The van der Waals surface area contributed by atoms with Gasteiger partial charge in [-0.3, -0.25) is 24.1 Å². The second-order valence-corrected chi connectivity index (χ2v) is 11.0. The number of anilines is 1. The standard InChI is InChI=1S/C30H31N3O9/c1-33(2)24-18-11-14-10-17-16(13-5-4-6-15(9-13)32-20(35)12-42-3)7-8-19(34)22(17)25(36)21(14)27(38)30(18,41)28(39)23(26(24)37)29(31)40/h4-9,14,18,24,34,37-38,41H,10-12H2,1-3H3,(H2,31,40)(H,32,35)/t14-,18-,24?,30-/m0/s1. The summed E-state index contributed by atoms with van der Waals surface area (Å²) >= 11 is 0. The van der Waals surface area contributed by atoms with Crippen LogP contribution in [0.15, 0.2) is 59.1 Å². The van der Waals surface area contributed by atoms with Crippen LogP contribution in [0.4, 0.5) is 5.69 Å². The van der Waals surface area contributed by atoms with Crippen LogP contribution in [0, 0.1) is 11.8 Å². The molecule has 3 aliphatic rings. The number of methoxy groups -OCH3 is 1. The molecule has 42 heavy (non-hydrogen) atoms. The van der Waals surface area contributed by atoms with Gasteiger partial charge in [-0.25, -0.2) is 0 Å². The smallest absolute Gasteiger partial charge is 0.255 e. The number of nitrogens with one attached hydrogen (secondary N) is 1. The third-order valence-corrected chi connectivity index (χ3v) is 8.34. The average Bonchev–Trinajstić information content (AvgIpc) is 2.90. The highest BCUT2D eigenvalue weighted by Gasteiger charge is 2.63. The number of rotatable bonds is 6. The van der Waals surface area contributed by atoms with Gasteiger partial charge in [0, 0.05) is 24.3 Å². The molecule has 12 heteroatoms. The number of primary amides is 1. The number of carbonyl (C=O) groups is 4. The van der Waals surface area contributed by atoms with Crippen molar-refractivity contribution in [1.29, 1.82) is 0 Å². The molecule has 1 unspecified atom stereocenters. The Kier molecular flexibility index (Phi) is 7.17. The van der Waals surface area contributed by atoms with Crippen molar-refractivity contribution in [3.05, 3.63) is 70.2 Å². The largest absolute Gasteiger partial charge is 0.510 e. The van der Waals surface area contributed by atoms with E-state index >= 15 is 0 Å². The lowest BCUT2D eigenvalue weighted by Gasteiger charge is -2.50. The van der Waals surface area contributed by atoms with Crippen LogP contribution in [0.5, 0.6) is 5.75 Å². The molecule has 3 aliphatic carbocycles. The summed E-state index contributed by atoms with van der Waals surface area (Å²) in [6, 6.07) is 8.81. The Morgan fingerprint density at radius 3 is 2.50 bits per heavy atom. The molecule has 7 N–H and O–H groups in total. The van der Waals surface area contributed by atoms with Crippen molar-refractivity contribution >= 4 is 29.1 Å². The third-order valence-electron chi connectivity index (χ3n) is 8.34. The maximum absolute atomic E-state index is 13.9. The molecule has 0 aliphatic heterocycles. The number of allylic oxidation sites excluding steroid dienone is 1. The Morgan fingerprint density at radius 2 is 1.86 bits per heavy atom. The van der Waals surface area contributed by atoms with Crippen molar-refractivity contribution in [2.75, 3.05) is 33.1 Å². The van der Waals surface area contributed by atoms with E-state index in [0.717, 1.165) is 0 Å². The number of hydrogen-bond donors (Lipinski definition) is 6. The monoisotopic (exact) mass is 577 g/mol. The first-order valence-electron chi connectivity index (χ1n) is 13.2. The molecule has 4 atom stereocenters. The van der Waals surface area contributed by atoms with Crippen molar-refractivity contribution in [3.8, 4) is 16.9 Å². The maximum atomic E-state index is 13.9. The zero-order valence-electron chi connectivity index (χ0n) is 23.2. The second kappa shape index (κ2) is 10.4. The fourth-order valence-electron chi connectivity index (χ4n) is 6.61. The van der Waals surface area contributed by atoms with E-state index in [1.54, 1.807) is 44.4 Å². The number of aromatic hydroxyl groups is 1. The molecule has 0 bridgehead atoms. The molecule has 2 amide bonds. The Labute approximate surface area is 240 Å². The number of ketones is 2. The van der Waals surface area contributed by atoms with Gasteiger partial charge in [-0.1, -0.05) is 18.2 Å². The lowest BCUT2D eigenvalue weighted by atomic mass is 9.58. The number of ether oxygens (including phenoxy) is 1. The van der Waals surface area contributed by atoms with Crippen LogP contribution in [-0.2, 0) is 25.5 Å². The second-order valence-electron chi connectivity index (χ2n) is 11.0. The number of aliphatic hydroxyl groups excluding tert-OH is 2. The number of Topliss-reactive ketones (excluding diaryl/α,β-unsaturated/α-hetero) is 2. The summed E-state index contributed by atoms with van der Waals surface area (Å²) in [4.78, 5) is 53.0. The Hall–Kier alpha value is -4.52. The van der Waals surface area contributed by atoms with E-state index in [9.17, 15) is 39.6 Å². The van der Waals surface area contributed by atoms with E-state index < -0.39 is 58.0 Å². The number of phenolic OH excluding ortho intramolecular Hbond substituents is 1. The van der Waals surface area contributed by atoms with Gasteiger partial charge in [0.2, 0.25) is 11.7 Å². The van der Waals surface area contributed by atoms with E-state index in [2.05, 4.69) is 5.32 Å². The molecular formula is C30H31N3O9. The predicted molar refractivity (Wildman–Crippen MR) is 150 cm³/mol. The van der Waals surface area contributed by atoms with Gasteiger partial charge in [-0.15, -0.1) is 0 Å². The normalized spacial score (nSPS) is 25.2. The van der Waals surface area contributed by atoms with Crippen molar-refractivity contribution in [2.24, 2.45) is 17.6 Å². The summed E-state index contributed by atoms with van der Waals surface area (Å²) in [5.41, 5.74) is 3.69. The first kappa shape index (κ1) is 29.0. The highest BCUT2D eigenvalue weighted by atomic mass is 16.5. The zero-order valence-corrected chi connectivity index (χ0v) is 23.2. The zero-order chi connectivity index (χ0) is 30.7. The number of phenols is 1. The fourth-order valence-corrected chi connectivity index (χ4v) is 6.61. The molecule has 2 aromatic carbocycles. The van der Waals surface area contributed by atoms with Gasteiger partial charge in [-0.05, 0) is 67.7 Å². The summed E-state index contributed by atoms with van der Waals surface area (Å²) in [6.45, 7) is -0.136. The van der Waals surface area contributed by atoms with Crippen molar-refractivity contribution < 1.29 is 44.3 Å². The Balaban J connectivity index is 1.65. The number of aliphatic hydroxyl groups is 3. The minimum atomic E-state index is -2.70. The van der Waals surface area contributed by atoms with E-state index in [4.69, 9.17) is 10.5 Å². The van der Waals surface area contributed by atoms with Crippen LogP contribution in [0.3, 0.4) is 0 Å². The Bertz CT molecular complexity index is 1610. The maximum Gasteiger partial charge on any atom is 0.255 e. The summed E-state index contributed by atoms with van der Waals surface area (Å²) in [5.74, 6) is -7.43. The van der Waals surface area contributed by atoms with E-state index in [-0.39, 0.29) is 42.2 Å². The fraction of sp³-hybridized carbons (Fsp3) is 0.333. The molecule has 0 fully saturated rings. The molecule has 5 rings (SSSR count). The third kappa shape index (κ3) is 4.26. The SMILES string of the molecule is COCC(=O)Nc1cccc(-c2ccc(O)c3c2C[C@H]2C[C@H]4C(N(C)C)C(O)=C(C(N)=O)C(=O)[C@@]4(O)C(O)=C2C3=O)c1. The highest BCUT2D eigenvalue weighted by Crippen LogP contribution is 2.53. The predicted octanol–water partition coefficient (Wildman–Crippen LogP) is 1.37. The van der Waals surface area contributed by atoms with Crippen LogP contribution in [-0.4, -0.2) is 88.2 Å². The van der Waals surface area contributed by atoms with Gasteiger partial charge in [0.15, 0.2) is 11.4 Å². The topological polar surface area (TPSA) is 200 Å². The van der Waals surface area contributed by atoms with E-state index in [0.29, 0.717) is 22.4 Å². The van der Waals surface area contributed by atoms with Gasteiger partial charge < -0.3 is 36.2 Å². The number of likely N-dealkylation sites (N-methyl/N-ethyl adjacent to an activating group) is 1. The van der Waals surface area contributed by atoms with E-state index in [1.165, 1.54) is 18.1 Å². The van der Waals surface area contributed by atoms with Gasteiger partial charge in [0.05, 0.1) is 11.6 Å². The van der Waals surface area contributed by atoms with Crippen LogP contribution < -0.4 is 11.1 Å². The minimum absolute atomic E-state index is 0.0199. The first-order valence-corrected chi connectivity index (χ1v) is 13.2. The van der Waals surface area contributed by atoms with Crippen LogP contribution in [0.1, 0.15) is 22.3 Å². The molecule has 2 aromatic rings. The molecule has 0 heterocycles. The van der Waals surface area contributed by atoms with Crippen LogP contribution in [0.25, 0.3) is 11.1 Å². The summed E-state index contributed by atoms with van der Waals surface area (Å²) < 4.78 is 4.86. The molecule has 12 nitrogen and oxygen atoms in total. The van der Waals surface area contributed by atoms with Crippen molar-refractivity contribution in [1.82, 2.24) is 4.90 Å². The summed E-state index contributed by atoms with van der Waals surface area (Å²) in [5, 5.41) is 47.6. The van der Waals surface area contributed by atoms with Gasteiger partial charge in [0.1, 0.15) is 29.4 Å².